The Morgan fingerprint density at radius 2 is 1.81 bits per heavy atom. The minimum absolute atomic E-state index is 1.05. The van der Waals surface area contributed by atoms with Crippen LogP contribution in [-0.2, 0) is 14.4 Å². The van der Waals surface area contributed by atoms with Crippen LogP contribution in [0.25, 0.3) is 0 Å². The van der Waals surface area contributed by atoms with Gasteiger partial charge in [0.2, 0.25) is 0 Å². The fourth-order valence-electron chi connectivity index (χ4n) is 1.47. The molecular formula is C8H15NO7. The van der Waals surface area contributed by atoms with Gasteiger partial charge in [-0.3, -0.25) is 4.84 Å². The molecule has 0 aromatic heterocycles. The third kappa shape index (κ3) is 2.32. The number of hydroxylamine groups is 2. The summed E-state index contributed by atoms with van der Waals surface area (Å²) in [4.78, 5) is 15.5. The van der Waals surface area contributed by atoms with Crippen molar-refractivity contribution in [2.45, 2.75) is 30.6 Å². The zero-order valence-corrected chi connectivity index (χ0v) is 8.85. The van der Waals surface area contributed by atoms with Crippen molar-refractivity contribution in [1.29, 1.82) is 0 Å². The predicted octanol–water partition coefficient (Wildman–Crippen LogP) is -2.63. The Morgan fingerprint density at radius 1 is 1.25 bits per heavy atom. The normalized spacial score (nSPS) is 40.0. The first-order chi connectivity index (χ1) is 7.40. The van der Waals surface area contributed by atoms with Crippen LogP contribution >= 0.6 is 0 Å². The number of hydrogen-bond acceptors (Lipinski definition) is 7. The van der Waals surface area contributed by atoms with Gasteiger partial charge in [-0.15, -0.1) is 0 Å². The van der Waals surface area contributed by atoms with Crippen molar-refractivity contribution in [3.8, 4) is 0 Å². The number of carbonyl (C=O) groups is 1. The monoisotopic (exact) mass is 237 g/mol. The lowest BCUT2D eigenvalue weighted by Crippen LogP contribution is -2.63. The lowest BCUT2D eigenvalue weighted by molar-refractivity contribution is -0.313. The fourth-order valence-corrected chi connectivity index (χ4v) is 1.47. The zero-order valence-electron chi connectivity index (χ0n) is 8.85. The van der Waals surface area contributed by atoms with Gasteiger partial charge in [0.15, 0.2) is 12.3 Å². The summed E-state index contributed by atoms with van der Waals surface area (Å²) < 4.78 is 4.94. The molecule has 0 aromatic rings. The second kappa shape index (κ2) is 5.04. The standard InChI is InChI=1S/C8H15NO7/c1-9(15-2)7-5(12)3(10)4(11)6(16-7)8(13)14/h3-7,10-12H,1-2H3,(H,13,14)/t3?,4-,5?,6?,7+/m0/s1. The first-order valence-corrected chi connectivity index (χ1v) is 4.59. The minimum atomic E-state index is -1.69. The number of aliphatic hydroxyl groups excluding tert-OH is 3. The van der Waals surface area contributed by atoms with Crippen molar-refractivity contribution in [2.75, 3.05) is 14.2 Å². The van der Waals surface area contributed by atoms with Gasteiger partial charge in [-0.05, 0) is 0 Å². The van der Waals surface area contributed by atoms with Gasteiger partial charge >= 0.3 is 5.97 Å². The SMILES string of the molecule is CON(C)[C@@H]1OC(C(=O)O)[C@@H](O)C(O)C1O. The van der Waals surface area contributed by atoms with Gasteiger partial charge < -0.3 is 25.2 Å². The molecule has 0 radical (unpaired) electrons. The molecule has 16 heavy (non-hydrogen) atoms. The van der Waals surface area contributed by atoms with Crippen LogP contribution in [-0.4, -0.2) is 76.3 Å². The summed E-state index contributed by atoms with van der Waals surface area (Å²) in [7, 11) is 2.69. The first kappa shape index (κ1) is 13.3. The Hall–Kier alpha value is -0.770. The highest BCUT2D eigenvalue weighted by atomic mass is 16.7. The molecule has 0 amide bonds. The van der Waals surface area contributed by atoms with Crippen molar-refractivity contribution in [3.63, 3.8) is 0 Å². The van der Waals surface area contributed by atoms with E-state index in [-0.39, 0.29) is 0 Å². The topological polar surface area (TPSA) is 120 Å². The van der Waals surface area contributed by atoms with E-state index in [9.17, 15) is 20.1 Å². The number of aliphatic hydroxyl groups is 3. The number of nitrogens with zero attached hydrogens (tertiary/aromatic N) is 1. The van der Waals surface area contributed by atoms with E-state index in [4.69, 9.17) is 14.7 Å². The Balaban J connectivity index is 2.85. The van der Waals surface area contributed by atoms with E-state index in [1.165, 1.54) is 14.2 Å². The van der Waals surface area contributed by atoms with Crippen molar-refractivity contribution < 1.29 is 34.8 Å². The molecule has 1 aliphatic heterocycles. The van der Waals surface area contributed by atoms with Crippen molar-refractivity contribution in [1.82, 2.24) is 5.06 Å². The number of hydrogen-bond donors (Lipinski definition) is 4. The van der Waals surface area contributed by atoms with Gasteiger partial charge in [0.25, 0.3) is 0 Å². The molecule has 0 aromatic carbocycles. The predicted molar refractivity (Wildman–Crippen MR) is 49.1 cm³/mol. The van der Waals surface area contributed by atoms with E-state index < -0.39 is 36.6 Å². The molecule has 4 N–H and O–H groups in total. The number of carboxylic acid groups (broad SMARTS) is 1. The highest BCUT2D eigenvalue weighted by Gasteiger charge is 2.48. The van der Waals surface area contributed by atoms with Gasteiger partial charge in [-0.25, -0.2) is 4.79 Å². The molecule has 1 rings (SSSR count). The molecule has 94 valence electrons. The third-order valence-electron chi connectivity index (χ3n) is 2.48. The van der Waals surface area contributed by atoms with Gasteiger partial charge in [0.1, 0.15) is 18.3 Å². The third-order valence-corrected chi connectivity index (χ3v) is 2.48. The van der Waals surface area contributed by atoms with Crippen molar-refractivity contribution in [3.05, 3.63) is 0 Å². The van der Waals surface area contributed by atoms with Crippen LogP contribution in [0, 0.1) is 0 Å². The largest absolute Gasteiger partial charge is 0.479 e. The zero-order chi connectivity index (χ0) is 12.5. The number of rotatable bonds is 3. The lowest BCUT2D eigenvalue weighted by Gasteiger charge is -2.41. The highest BCUT2D eigenvalue weighted by molar-refractivity contribution is 5.73. The van der Waals surface area contributed by atoms with Crippen LogP contribution in [0.4, 0.5) is 0 Å². The van der Waals surface area contributed by atoms with Gasteiger partial charge in [0.05, 0.1) is 7.11 Å². The van der Waals surface area contributed by atoms with Gasteiger partial charge in [-0.1, -0.05) is 0 Å². The van der Waals surface area contributed by atoms with Crippen LogP contribution in [0.1, 0.15) is 0 Å². The summed E-state index contributed by atoms with van der Waals surface area (Å²) in [5.41, 5.74) is 0. The Kier molecular flexibility index (Phi) is 4.19. The summed E-state index contributed by atoms with van der Waals surface area (Å²) in [5, 5.41) is 38.2. The summed E-state index contributed by atoms with van der Waals surface area (Å²) >= 11 is 0. The minimum Gasteiger partial charge on any atom is -0.479 e. The summed E-state index contributed by atoms with van der Waals surface area (Å²) in [6.07, 6.45) is -7.53. The smallest absolute Gasteiger partial charge is 0.335 e. The van der Waals surface area contributed by atoms with Gasteiger partial charge in [0, 0.05) is 7.05 Å². The summed E-state index contributed by atoms with van der Waals surface area (Å²) in [5.74, 6) is -1.42. The quantitative estimate of drug-likeness (QED) is 0.393. The van der Waals surface area contributed by atoms with Crippen LogP contribution in [0.2, 0.25) is 0 Å². The maximum atomic E-state index is 10.7. The fraction of sp³-hybridized carbons (Fsp3) is 0.875. The molecular weight excluding hydrogens is 222 g/mol. The number of aliphatic carboxylic acids is 1. The van der Waals surface area contributed by atoms with E-state index >= 15 is 0 Å². The second-order valence-electron chi connectivity index (χ2n) is 3.49. The average molecular weight is 237 g/mol. The van der Waals surface area contributed by atoms with Gasteiger partial charge in [-0.2, -0.15) is 5.06 Å². The van der Waals surface area contributed by atoms with E-state index in [0.717, 1.165) is 5.06 Å². The van der Waals surface area contributed by atoms with Crippen LogP contribution in [0.5, 0.6) is 0 Å². The molecule has 5 atom stereocenters. The molecule has 8 heteroatoms. The molecule has 1 heterocycles. The molecule has 1 aliphatic rings. The molecule has 3 unspecified atom stereocenters. The maximum absolute atomic E-state index is 10.7. The first-order valence-electron chi connectivity index (χ1n) is 4.59. The highest BCUT2D eigenvalue weighted by Crippen LogP contribution is 2.23. The molecule has 0 aliphatic carbocycles. The summed E-state index contributed by atoms with van der Waals surface area (Å²) in [6, 6.07) is 0. The Morgan fingerprint density at radius 3 is 2.25 bits per heavy atom. The second-order valence-corrected chi connectivity index (χ2v) is 3.49. The lowest BCUT2D eigenvalue weighted by atomic mass is 9.98. The number of ether oxygens (including phenoxy) is 1. The summed E-state index contributed by atoms with van der Waals surface area (Å²) in [6.45, 7) is 0. The van der Waals surface area contributed by atoms with E-state index in [0.29, 0.717) is 0 Å². The van der Waals surface area contributed by atoms with Crippen LogP contribution in [0.3, 0.4) is 0 Å². The molecule has 0 bridgehead atoms. The van der Waals surface area contributed by atoms with Crippen molar-refractivity contribution in [2.24, 2.45) is 0 Å². The number of carboxylic acids is 1. The van der Waals surface area contributed by atoms with Crippen LogP contribution < -0.4 is 0 Å². The average Bonchev–Trinajstić information content (AvgIpc) is 2.25. The molecule has 0 saturated carbocycles. The van der Waals surface area contributed by atoms with E-state index in [1.54, 1.807) is 0 Å². The van der Waals surface area contributed by atoms with E-state index in [1.807, 2.05) is 0 Å². The Bertz CT molecular complexity index is 261. The van der Waals surface area contributed by atoms with Crippen molar-refractivity contribution >= 4 is 5.97 Å². The molecule has 1 fully saturated rings. The van der Waals surface area contributed by atoms with E-state index in [2.05, 4.69) is 0 Å². The van der Waals surface area contributed by atoms with Crippen LogP contribution in [0.15, 0.2) is 0 Å². The Labute approximate surface area is 91.6 Å². The molecule has 0 spiro atoms. The maximum Gasteiger partial charge on any atom is 0.335 e. The number of likely N-dealkylation sites (N-methyl/N-ethyl adjacent to an activating group) is 1. The molecule has 8 nitrogen and oxygen atoms in total. The molecule has 1 saturated heterocycles.